The van der Waals surface area contributed by atoms with Gasteiger partial charge in [0.05, 0.1) is 6.10 Å². The van der Waals surface area contributed by atoms with E-state index < -0.39 is 0 Å². The Labute approximate surface area is 99.5 Å². The van der Waals surface area contributed by atoms with Crippen molar-refractivity contribution in [2.45, 2.75) is 76.9 Å². The highest BCUT2D eigenvalue weighted by Gasteiger charge is 2.21. The van der Waals surface area contributed by atoms with Crippen molar-refractivity contribution in [2.24, 2.45) is 5.92 Å². The fourth-order valence-electron chi connectivity index (χ4n) is 2.33. The quantitative estimate of drug-likeness (QED) is 0.492. The van der Waals surface area contributed by atoms with Crippen LogP contribution in [0, 0.1) is 5.92 Å². The lowest BCUT2D eigenvalue weighted by atomic mass is 10.0. The number of rotatable bonds is 5. The SMILES string of the molecule is CCC(CC)C(Cl)OC1CCCCCC1. The molecular formula is C13H25ClO. The summed E-state index contributed by atoms with van der Waals surface area (Å²) in [5.41, 5.74) is -0.0666. The molecule has 0 aromatic heterocycles. The van der Waals surface area contributed by atoms with E-state index in [0.717, 1.165) is 12.8 Å². The topological polar surface area (TPSA) is 9.23 Å². The second-order valence-corrected chi connectivity index (χ2v) is 5.11. The molecule has 90 valence electrons. The third-order valence-electron chi connectivity index (χ3n) is 3.54. The summed E-state index contributed by atoms with van der Waals surface area (Å²) >= 11 is 6.31. The van der Waals surface area contributed by atoms with Crippen molar-refractivity contribution in [1.29, 1.82) is 0 Å². The van der Waals surface area contributed by atoms with Gasteiger partial charge in [0.25, 0.3) is 0 Å². The summed E-state index contributed by atoms with van der Waals surface area (Å²) in [4.78, 5) is 0. The van der Waals surface area contributed by atoms with Gasteiger partial charge >= 0.3 is 0 Å². The minimum Gasteiger partial charge on any atom is -0.359 e. The molecule has 0 radical (unpaired) electrons. The van der Waals surface area contributed by atoms with Crippen LogP contribution in [-0.4, -0.2) is 11.7 Å². The van der Waals surface area contributed by atoms with Crippen molar-refractivity contribution in [3.8, 4) is 0 Å². The Morgan fingerprint density at radius 1 is 1.07 bits per heavy atom. The van der Waals surface area contributed by atoms with E-state index in [0.29, 0.717) is 12.0 Å². The number of halogens is 1. The molecule has 2 heteroatoms. The average Bonchev–Trinajstić information content (AvgIpc) is 2.48. The molecule has 1 aliphatic carbocycles. The van der Waals surface area contributed by atoms with Crippen molar-refractivity contribution in [2.75, 3.05) is 0 Å². The zero-order valence-corrected chi connectivity index (χ0v) is 10.9. The minimum atomic E-state index is -0.0666. The van der Waals surface area contributed by atoms with Crippen molar-refractivity contribution in [1.82, 2.24) is 0 Å². The van der Waals surface area contributed by atoms with Crippen LogP contribution in [0.2, 0.25) is 0 Å². The second-order valence-electron chi connectivity index (χ2n) is 4.68. The normalized spacial score (nSPS) is 21.6. The van der Waals surface area contributed by atoms with Crippen molar-refractivity contribution in [3.63, 3.8) is 0 Å². The summed E-state index contributed by atoms with van der Waals surface area (Å²) in [5.74, 6) is 0.523. The monoisotopic (exact) mass is 232 g/mol. The zero-order valence-electron chi connectivity index (χ0n) is 10.2. The average molecular weight is 233 g/mol. The molecule has 0 amide bonds. The molecule has 1 fully saturated rings. The maximum Gasteiger partial charge on any atom is 0.134 e. The van der Waals surface area contributed by atoms with E-state index in [9.17, 15) is 0 Å². The summed E-state index contributed by atoms with van der Waals surface area (Å²) in [5, 5.41) is 0. The van der Waals surface area contributed by atoms with Gasteiger partial charge < -0.3 is 4.74 Å². The number of hydrogen-bond donors (Lipinski definition) is 0. The molecule has 1 aliphatic rings. The summed E-state index contributed by atoms with van der Waals surface area (Å²) in [6.45, 7) is 4.39. The zero-order chi connectivity index (χ0) is 11.1. The number of ether oxygens (including phenoxy) is 1. The molecule has 0 spiro atoms. The highest BCUT2D eigenvalue weighted by Crippen LogP contribution is 2.26. The Morgan fingerprint density at radius 2 is 1.60 bits per heavy atom. The molecule has 1 unspecified atom stereocenters. The molecule has 0 N–H and O–H groups in total. The first-order valence-electron chi connectivity index (χ1n) is 6.57. The maximum atomic E-state index is 6.31. The van der Waals surface area contributed by atoms with E-state index in [1.54, 1.807) is 0 Å². The van der Waals surface area contributed by atoms with Gasteiger partial charge in [-0.1, -0.05) is 51.1 Å². The minimum absolute atomic E-state index is 0.0666. The molecule has 1 rings (SSSR count). The summed E-state index contributed by atoms with van der Waals surface area (Å²) in [6.07, 6.45) is 10.5. The lowest BCUT2D eigenvalue weighted by Gasteiger charge is -2.25. The van der Waals surface area contributed by atoms with E-state index in [2.05, 4.69) is 13.8 Å². The first-order chi connectivity index (χ1) is 7.27. The van der Waals surface area contributed by atoms with Crippen LogP contribution >= 0.6 is 11.6 Å². The lowest BCUT2D eigenvalue weighted by molar-refractivity contribution is -0.00640. The van der Waals surface area contributed by atoms with E-state index in [4.69, 9.17) is 16.3 Å². The smallest absolute Gasteiger partial charge is 0.134 e. The molecule has 0 aromatic rings. The van der Waals surface area contributed by atoms with Gasteiger partial charge in [0.15, 0.2) is 0 Å². The maximum absolute atomic E-state index is 6.31. The van der Waals surface area contributed by atoms with Crippen molar-refractivity contribution in [3.05, 3.63) is 0 Å². The van der Waals surface area contributed by atoms with Gasteiger partial charge in [-0.3, -0.25) is 0 Å². The predicted octanol–water partition coefficient (Wildman–Crippen LogP) is 4.73. The van der Waals surface area contributed by atoms with Crippen LogP contribution in [0.3, 0.4) is 0 Å². The highest BCUT2D eigenvalue weighted by molar-refractivity contribution is 6.19. The van der Waals surface area contributed by atoms with Gasteiger partial charge in [-0.15, -0.1) is 0 Å². The molecule has 0 saturated heterocycles. The largest absolute Gasteiger partial charge is 0.359 e. The van der Waals surface area contributed by atoms with Crippen LogP contribution in [0.15, 0.2) is 0 Å². The fourth-order valence-corrected chi connectivity index (χ4v) is 2.83. The summed E-state index contributed by atoms with van der Waals surface area (Å²) in [6, 6.07) is 0. The molecule has 0 aromatic carbocycles. The fraction of sp³-hybridized carbons (Fsp3) is 1.00. The Balaban J connectivity index is 2.31. The predicted molar refractivity (Wildman–Crippen MR) is 66.3 cm³/mol. The molecular weight excluding hydrogens is 208 g/mol. The Bertz CT molecular complexity index is 149. The van der Waals surface area contributed by atoms with Gasteiger partial charge in [0.1, 0.15) is 5.56 Å². The van der Waals surface area contributed by atoms with E-state index in [1.165, 1.54) is 38.5 Å². The van der Waals surface area contributed by atoms with Crippen LogP contribution < -0.4 is 0 Å². The third kappa shape index (κ3) is 4.74. The molecule has 0 bridgehead atoms. The van der Waals surface area contributed by atoms with Crippen molar-refractivity contribution >= 4 is 11.6 Å². The van der Waals surface area contributed by atoms with Gasteiger partial charge in [-0.2, -0.15) is 0 Å². The van der Waals surface area contributed by atoms with Crippen LogP contribution in [0.5, 0.6) is 0 Å². The molecule has 1 nitrogen and oxygen atoms in total. The Hall–Kier alpha value is 0.250. The van der Waals surface area contributed by atoms with E-state index in [-0.39, 0.29) is 5.56 Å². The number of hydrogen-bond acceptors (Lipinski definition) is 1. The third-order valence-corrected chi connectivity index (χ3v) is 4.00. The molecule has 0 aliphatic heterocycles. The highest BCUT2D eigenvalue weighted by atomic mass is 35.5. The summed E-state index contributed by atoms with van der Waals surface area (Å²) in [7, 11) is 0. The van der Waals surface area contributed by atoms with Crippen LogP contribution in [0.25, 0.3) is 0 Å². The van der Waals surface area contributed by atoms with Crippen LogP contribution in [0.1, 0.15) is 65.2 Å². The molecule has 0 heterocycles. The van der Waals surface area contributed by atoms with Crippen LogP contribution in [0.4, 0.5) is 0 Å². The second kappa shape index (κ2) is 7.51. The van der Waals surface area contributed by atoms with Gasteiger partial charge in [0.2, 0.25) is 0 Å². The first kappa shape index (κ1) is 13.3. The standard InChI is InChI=1S/C13H25ClO/c1-3-11(4-2)13(14)15-12-9-7-5-6-8-10-12/h11-13H,3-10H2,1-2H3. The van der Waals surface area contributed by atoms with Gasteiger partial charge in [-0.25, -0.2) is 0 Å². The van der Waals surface area contributed by atoms with Gasteiger partial charge in [-0.05, 0) is 31.6 Å². The molecule has 1 atom stereocenters. The Morgan fingerprint density at radius 3 is 2.07 bits per heavy atom. The van der Waals surface area contributed by atoms with E-state index in [1.807, 2.05) is 0 Å². The first-order valence-corrected chi connectivity index (χ1v) is 7.01. The Kier molecular flexibility index (Phi) is 6.67. The van der Waals surface area contributed by atoms with Crippen molar-refractivity contribution < 1.29 is 4.74 Å². The lowest BCUT2D eigenvalue weighted by Crippen LogP contribution is -2.24. The van der Waals surface area contributed by atoms with E-state index >= 15 is 0 Å². The number of alkyl halides is 1. The molecule has 15 heavy (non-hydrogen) atoms. The van der Waals surface area contributed by atoms with Gasteiger partial charge in [0, 0.05) is 0 Å². The molecule has 1 saturated carbocycles. The van der Waals surface area contributed by atoms with Crippen LogP contribution in [-0.2, 0) is 4.74 Å². The summed E-state index contributed by atoms with van der Waals surface area (Å²) < 4.78 is 5.98.